The third-order valence-corrected chi connectivity index (χ3v) is 5.06. The van der Waals surface area contributed by atoms with Gasteiger partial charge in [0.05, 0.1) is 6.61 Å². The number of hydrogen-bond donors (Lipinski definition) is 0. The zero-order valence-electron chi connectivity index (χ0n) is 18.1. The Morgan fingerprint density at radius 2 is 1.72 bits per heavy atom. The third-order valence-electron chi connectivity index (χ3n) is 5.06. The summed E-state index contributed by atoms with van der Waals surface area (Å²) in [4.78, 5) is 20.8. The summed E-state index contributed by atoms with van der Waals surface area (Å²) in [6.45, 7) is 6.85. The summed E-state index contributed by atoms with van der Waals surface area (Å²) in [6, 6.07) is 7.87. The molecule has 1 aromatic heterocycles. The van der Waals surface area contributed by atoms with Gasteiger partial charge < -0.3 is 4.74 Å². The SMILES string of the molecule is CCCCCCCc1cnc(-c2ccc(/C=C/C(=O)OCC(C)CC)cc2)nc1. The van der Waals surface area contributed by atoms with Crippen molar-refractivity contribution in [2.45, 2.75) is 65.7 Å². The first-order chi connectivity index (χ1) is 14.1. The van der Waals surface area contributed by atoms with Crippen LogP contribution in [-0.4, -0.2) is 22.5 Å². The number of benzene rings is 1. The molecule has 1 atom stereocenters. The number of hydrogen-bond acceptors (Lipinski definition) is 4. The molecule has 1 unspecified atom stereocenters. The molecule has 4 nitrogen and oxygen atoms in total. The zero-order chi connectivity index (χ0) is 20.9. The van der Waals surface area contributed by atoms with Crippen molar-refractivity contribution in [1.29, 1.82) is 0 Å². The van der Waals surface area contributed by atoms with Gasteiger partial charge in [0.15, 0.2) is 5.82 Å². The molecule has 0 saturated carbocycles. The maximum absolute atomic E-state index is 11.8. The lowest BCUT2D eigenvalue weighted by Gasteiger charge is -2.07. The molecule has 0 N–H and O–H groups in total. The fraction of sp³-hybridized carbons (Fsp3) is 0.480. The standard InChI is InChI=1S/C25H34N2O2/c1-4-6-7-8-9-10-22-17-26-25(27-18-22)23-14-11-21(12-15-23)13-16-24(28)29-19-20(3)5-2/h11-18,20H,4-10,19H2,1-3H3/b16-13+. The topological polar surface area (TPSA) is 52.1 Å². The van der Waals surface area contributed by atoms with Crippen molar-refractivity contribution >= 4 is 12.0 Å². The van der Waals surface area contributed by atoms with Gasteiger partial charge in [-0.2, -0.15) is 0 Å². The minimum absolute atomic E-state index is 0.303. The Bertz CT molecular complexity index is 751. The van der Waals surface area contributed by atoms with Gasteiger partial charge in [0.2, 0.25) is 0 Å². The number of aromatic nitrogens is 2. The van der Waals surface area contributed by atoms with Crippen LogP contribution >= 0.6 is 0 Å². The Balaban J connectivity index is 1.84. The predicted molar refractivity (Wildman–Crippen MR) is 119 cm³/mol. The molecule has 0 spiro atoms. The lowest BCUT2D eigenvalue weighted by atomic mass is 10.1. The molecule has 0 saturated heterocycles. The monoisotopic (exact) mass is 394 g/mol. The summed E-state index contributed by atoms with van der Waals surface area (Å²) in [7, 11) is 0. The van der Waals surface area contributed by atoms with Gasteiger partial charge in [-0.3, -0.25) is 0 Å². The molecule has 1 aromatic carbocycles. The molecule has 1 heterocycles. The van der Waals surface area contributed by atoms with E-state index in [0.717, 1.165) is 29.8 Å². The van der Waals surface area contributed by atoms with E-state index in [9.17, 15) is 4.79 Å². The number of carbonyl (C=O) groups is 1. The summed E-state index contributed by atoms with van der Waals surface area (Å²) >= 11 is 0. The lowest BCUT2D eigenvalue weighted by Crippen LogP contribution is -2.08. The van der Waals surface area contributed by atoms with Crippen LogP contribution in [0.5, 0.6) is 0 Å². The van der Waals surface area contributed by atoms with E-state index in [1.54, 1.807) is 6.08 Å². The molecule has 0 aliphatic heterocycles. The summed E-state index contributed by atoms with van der Waals surface area (Å²) in [5, 5.41) is 0. The maximum atomic E-state index is 11.8. The number of ether oxygens (including phenoxy) is 1. The van der Waals surface area contributed by atoms with Crippen LogP contribution in [0.15, 0.2) is 42.7 Å². The molecule has 0 bridgehead atoms. The highest BCUT2D eigenvalue weighted by atomic mass is 16.5. The Kier molecular flexibility index (Phi) is 10.1. The van der Waals surface area contributed by atoms with E-state index in [1.165, 1.54) is 43.7 Å². The second-order valence-corrected chi connectivity index (χ2v) is 7.68. The summed E-state index contributed by atoms with van der Waals surface area (Å²) in [6.07, 6.45) is 15.5. The molecule has 0 aliphatic carbocycles. The van der Waals surface area contributed by atoms with Gasteiger partial charge in [-0.05, 0) is 36.0 Å². The van der Waals surface area contributed by atoms with Crippen LogP contribution in [-0.2, 0) is 16.0 Å². The van der Waals surface area contributed by atoms with E-state index in [1.807, 2.05) is 36.7 Å². The van der Waals surface area contributed by atoms with Crippen LogP contribution in [0, 0.1) is 5.92 Å². The van der Waals surface area contributed by atoms with Crippen molar-refractivity contribution in [3.8, 4) is 11.4 Å². The molecule has 29 heavy (non-hydrogen) atoms. The van der Waals surface area contributed by atoms with Crippen LogP contribution < -0.4 is 0 Å². The molecule has 156 valence electrons. The second-order valence-electron chi connectivity index (χ2n) is 7.68. The average Bonchev–Trinajstić information content (AvgIpc) is 2.76. The largest absolute Gasteiger partial charge is 0.462 e. The van der Waals surface area contributed by atoms with Crippen molar-refractivity contribution in [3.05, 3.63) is 53.9 Å². The minimum Gasteiger partial charge on any atom is -0.462 e. The van der Waals surface area contributed by atoms with Gasteiger partial charge in [-0.25, -0.2) is 14.8 Å². The van der Waals surface area contributed by atoms with E-state index in [2.05, 4.69) is 30.7 Å². The van der Waals surface area contributed by atoms with Crippen LogP contribution in [0.1, 0.15) is 70.4 Å². The Labute approximate surface area is 175 Å². The highest BCUT2D eigenvalue weighted by Crippen LogP contribution is 2.17. The fourth-order valence-corrected chi connectivity index (χ4v) is 2.86. The highest BCUT2D eigenvalue weighted by Gasteiger charge is 2.04. The Hall–Kier alpha value is -2.49. The smallest absolute Gasteiger partial charge is 0.330 e. The lowest BCUT2D eigenvalue weighted by molar-refractivity contribution is -0.138. The minimum atomic E-state index is -0.303. The summed E-state index contributed by atoms with van der Waals surface area (Å²) in [5.41, 5.74) is 3.11. The molecule has 2 aromatic rings. The van der Waals surface area contributed by atoms with E-state index < -0.39 is 0 Å². The fourth-order valence-electron chi connectivity index (χ4n) is 2.86. The number of aryl methyl sites for hydroxylation is 1. The van der Waals surface area contributed by atoms with E-state index in [0.29, 0.717) is 12.5 Å². The number of esters is 1. The van der Waals surface area contributed by atoms with E-state index in [-0.39, 0.29) is 5.97 Å². The normalized spacial score (nSPS) is 12.2. The summed E-state index contributed by atoms with van der Waals surface area (Å²) in [5.74, 6) is 0.810. The molecule has 2 rings (SSSR count). The van der Waals surface area contributed by atoms with Gasteiger partial charge in [0.25, 0.3) is 0 Å². The quantitative estimate of drug-likeness (QED) is 0.242. The van der Waals surface area contributed by atoms with Crippen LogP contribution in [0.2, 0.25) is 0 Å². The van der Waals surface area contributed by atoms with Crippen molar-refractivity contribution in [3.63, 3.8) is 0 Å². The van der Waals surface area contributed by atoms with Gasteiger partial charge in [-0.1, -0.05) is 77.1 Å². The van der Waals surface area contributed by atoms with Crippen LogP contribution in [0.3, 0.4) is 0 Å². The number of carbonyl (C=O) groups excluding carboxylic acids is 1. The van der Waals surface area contributed by atoms with Crippen LogP contribution in [0.25, 0.3) is 17.5 Å². The number of rotatable bonds is 12. The maximum Gasteiger partial charge on any atom is 0.330 e. The van der Waals surface area contributed by atoms with Crippen molar-refractivity contribution in [2.75, 3.05) is 6.61 Å². The van der Waals surface area contributed by atoms with E-state index >= 15 is 0 Å². The van der Waals surface area contributed by atoms with Gasteiger partial charge in [-0.15, -0.1) is 0 Å². The molecular formula is C25H34N2O2. The van der Waals surface area contributed by atoms with Crippen molar-refractivity contribution in [2.24, 2.45) is 5.92 Å². The van der Waals surface area contributed by atoms with Gasteiger partial charge in [0.1, 0.15) is 0 Å². The zero-order valence-corrected chi connectivity index (χ0v) is 18.1. The van der Waals surface area contributed by atoms with Crippen molar-refractivity contribution in [1.82, 2.24) is 9.97 Å². The van der Waals surface area contributed by atoms with Gasteiger partial charge in [0, 0.05) is 24.0 Å². The molecule has 0 fully saturated rings. The molecule has 0 aliphatic rings. The first-order valence-corrected chi connectivity index (χ1v) is 10.9. The molecule has 0 radical (unpaired) electrons. The van der Waals surface area contributed by atoms with E-state index in [4.69, 9.17) is 4.74 Å². The number of nitrogens with zero attached hydrogens (tertiary/aromatic N) is 2. The molecule has 4 heteroatoms. The Morgan fingerprint density at radius 1 is 1.03 bits per heavy atom. The highest BCUT2D eigenvalue weighted by molar-refractivity contribution is 5.87. The first-order valence-electron chi connectivity index (χ1n) is 10.9. The molecule has 0 amide bonds. The average molecular weight is 395 g/mol. The number of unbranched alkanes of at least 4 members (excludes halogenated alkanes) is 4. The van der Waals surface area contributed by atoms with Crippen LogP contribution in [0.4, 0.5) is 0 Å². The third kappa shape index (κ3) is 8.59. The van der Waals surface area contributed by atoms with Crippen molar-refractivity contribution < 1.29 is 9.53 Å². The molecular weight excluding hydrogens is 360 g/mol. The predicted octanol–water partition coefficient (Wildman–Crippen LogP) is 6.26. The second kappa shape index (κ2) is 12.9. The van der Waals surface area contributed by atoms with Gasteiger partial charge >= 0.3 is 5.97 Å². The first kappa shape index (κ1) is 22.8. The Morgan fingerprint density at radius 3 is 2.38 bits per heavy atom. The summed E-state index contributed by atoms with van der Waals surface area (Å²) < 4.78 is 5.22.